The third-order valence-electron chi connectivity index (χ3n) is 5.70. The number of ether oxygens (including phenoxy) is 3. The number of hydrogen-bond donors (Lipinski definition) is 0. The molecule has 0 unspecified atom stereocenters. The van der Waals surface area contributed by atoms with Crippen LogP contribution in [0.1, 0.15) is 25.5 Å². The fourth-order valence-electron chi connectivity index (χ4n) is 3.93. The molecule has 170 valence electrons. The van der Waals surface area contributed by atoms with Gasteiger partial charge in [-0.2, -0.15) is 0 Å². The highest BCUT2D eigenvalue weighted by atomic mass is 16.6. The van der Waals surface area contributed by atoms with Crippen LogP contribution in [0.15, 0.2) is 84.9 Å². The first-order chi connectivity index (χ1) is 15.9. The summed E-state index contributed by atoms with van der Waals surface area (Å²) in [4.78, 5) is 28.3. The minimum Gasteiger partial charge on any atom is -0.497 e. The largest absolute Gasteiger partial charge is 0.497 e. The molecule has 1 fully saturated rings. The Bertz CT molecular complexity index is 1100. The van der Waals surface area contributed by atoms with Gasteiger partial charge in [0, 0.05) is 23.2 Å². The monoisotopic (exact) mass is 445 g/mol. The normalized spacial score (nSPS) is 18.0. The Morgan fingerprint density at radius 2 is 1.48 bits per heavy atom. The first-order valence-corrected chi connectivity index (χ1v) is 10.8. The first kappa shape index (κ1) is 22.4. The Morgan fingerprint density at radius 1 is 0.909 bits per heavy atom. The second-order valence-electron chi connectivity index (χ2n) is 8.65. The summed E-state index contributed by atoms with van der Waals surface area (Å²) in [5.41, 5.74) is 0.855. The minimum atomic E-state index is -1.02. The van der Waals surface area contributed by atoms with Crippen LogP contribution in [0.5, 0.6) is 11.5 Å². The van der Waals surface area contributed by atoms with Crippen molar-refractivity contribution in [2.24, 2.45) is 5.41 Å². The van der Waals surface area contributed by atoms with E-state index in [0.717, 1.165) is 5.69 Å². The molecule has 1 aliphatic rings. The number of amides is 1. The van der Waals surface area contributed by atoms with E-state index in [9.17, 15) is 9.59 Å². The average molecular weight is 446 g/mol. The molecule has 0 aromatic heterocycles. The molecule has 1 amide bonds. The lowest BCUT2D eigenvalue weighted by Crippen LogP contribution is -2.38. The van der Waals surface area contributed by atoms with Gasteiger partial charge < -0.3 is 19.1 Å². The number of methoxy groups -OCH3 is 1. The van der Waals surface area contributed by atoms with E-state index < -0.39 is 23.6 Å². The van der Waals surface area contributed by atoms with Crippen LogP contribution in [0.2, 0.25) is 0 Å². The molecule has 6 nitrogen and oxygen atoms in total. The molecule has 0 aliphatic carbocycles. The van der Waals surface area contributed by atoms with Crippen molar-refractivity contribution in [1.82, 2.24) is 0 Å². The summed E-state index contributed by atoms with van der Waals surface area (Å²) in [6.45, 7) is 4.30. The lowest BCUT2D eigenvalue weighted by Gasteiger charge is -2.26. The maximum absolute atomic E-state index is 13.4. The SMILES string of the molecule is COc1ccc(O[C@H](C(=O)O[C@@H]2C(=O)N(c3ccccc3)CC2(C)C)c2ccccc2)cc1. The second kappa shape index (κ2) is 9.36. The average Bonchev–Trinajstić information content (AvgIpc) is 3.07. The van der Waals surface area contributed by atoms with Crippen molar-refractivity contribution in [1.29, 1.82) is 0 Å². The molecule has 1 aliphatic heterocycles. The van der Waals surface area contributed by atoms with E-state index in [0.29, 0.717) is 23.6 Å². The summed E-state index contributed by atoms with van der Waals surface area (Å²) in [6, 6.07) is 25.5. The Balaban J connectivity index is 1.57. The van der Waals surface area contributed by atoms with Gasteiger partial charge in [0.2, 0.25) is 6.10 Å². The lowest BCUT2D eigenvalue weighted by molar-refractivity contribution is -0.165. The number of para-hydroxylation sites is 1. The van der Waals surface area contributed by atoms with Crippen LogP contribution in [0.3, 0.4) is 0 Å². The number of anilines is 1. The number of hydrogen-bond acceptors (Lipinski definition) is 5. The van der Waals surface area contributed by atoms with Crippen molar-refractivity contribution < 1.29 is 23.8 Å². The lowest BCUT2D eigenvalue weighted by atomic mass is 9.89. The van der Waals surface area contributed by atoms with E-state index in [-0.39, 0.29) is 5.91 Å². The zero-order valence-electron chi connectivity index (χ0n) is 18.9. The van der Waals surface area contributed by atoms with Gasteiger partial charge in [-0.25, -0.2) is 4.79 Å². The molecule has 0 spiro atoms. The van der Waals surface area contributed by atoms with E-state index in [4.69, 9.17) is 14.2 Å². The van der Waals surface area contributed by atoms with Crippen LogP contribution >= 0.6 is 0 Å². The van der Waals surface area contributed by atoms with Crippen molar-refractivity contribution in [3.05, 3.63) is 90.5 Å². The van der Waals surface area contributed by atoms with Gasteiger partial charge in [0.05, 0.1) is 7.11 Å². The highest BCUT2D eigenvalue weighted by molar-refractivity contribution is 6.01. The summed E-state index contributed by atoms with van der Waals surface area (Å²) in [7, 11) is 1.58. The van der Waals surface area contributed by atoms with Gasteiger partial charge in [-0.3, -0.25) is 4.79 Å². The van der Waals surface area contributed by atoms with Crippen LogP contribution in [-0.2, 0) is 14.3 Å². The van der Waals surface area contributed by atoms with E-state index in [1.165, 1.54) is 0 Å². The number of nitrogens with zero attached hydrogens (tertiary/aromatic N) is 1. The van der Waals surface area contributed by atoms with E-state index in [1.54, 1.807) is 48.4 Å². The zero-order valence-corrected chi connectivity index (χ0v) is 18.9. The van der Waals surface area contributed by atoms with Gasteiger partial charge in [-0.1, -0.05) is 62.4 Å². The quantitative estimate of drug-likeness (QED) is 0.489. The molecule has 3 aromatic rings. The summed E-state index contributed by atoms with van der Waals surface area (Å²) in [5, 5.41) is 0. The first-order valence-electron chi connectivity index (χ1n) is 10.8. The third-order valence-corrected chi connectivity index (χ3v) is 5.70. The molecule has 33 heavy (non-hydrogen) atoms. The summed E-state index contributed by atoms with van der Waals surface area (Å²) in [5.74, 6) is 0.319. The second-order valence-corrected chi connectivity index (χ2v) is 8.65. The number of esters is 1. The third kappa shape index (κ3) is 4.85. The molecule has 0 bridgehead atoms. The highest BCUT2D eigenvalue weighted by Crippen LogP contribution is 2.37. The van der Waals surface area contributed by atoms with E-state index in [2.05, 4.69) is 0 Å². The molecule has 0 radical (unpaired) electrons. The van der Waals surface area contributed by atoms with Gasteiger partial charge in [-0.05, 0) is 36.4 Å². The fraction of sp³-hybridized carbons (Fsp3) is 0.259. The van der Waals surface area contributed by atoms with Gasteiger partial charge >= 0.3 is 5.97 Å². The summed E-state index contributed by atoms with van der Waals surface area (Å²) >= 11 is 0. The van der Waals surface area contributed by atoms with Gasteiger partial charge in [0.25, 0.3) is 5.91 Å². The summed E-state index contributed by atoms with van der Waals surface area (Å²) < 4.78 is 17.1. The van der Waals surface area contributed by atoms with Gasteiger partial charge in [0.15, 0.2) is 6.10 Å². The summed E-state index contributed by atoms with van der Waals surface area (Å²) in [6.07, 6.45) is -1.94. The molecule has 4 rings (SSSR count). The minimum absolute atomic E-state index is 0.240. The molecule has 3 aromatic carbocycles. The molecule has 1 heterocycles. The molecule has 2 atom stereocenters. The maximum Gasteiger partial charge on any atom is 0.352 e. The number of rotatable bonds is 7. The Hall–Kier alpha value is -3.80. The van der Waals surface area contributed by atoms with Crippen molar-refractivity contribution in [2.45, 2.75) is 26.1 Å². The number of benzene rings is 3. The van der Waals surface area contributed by atoms with Crippen molar-refractivity contribution in [3.8, 4) is 11.5 Å². The van der Waals surface area contributed by atoms with Crippen LogP contribution in [0, 0.1) is 5.41 Å². The van der Waals surface area contributed by atoms with Crippen LogP contribution in [0.25, 0.3) is 0 Å². The van der Waals surface area contributed by atoms with Crippen LogP contribution < -0.4 is 14.4 Å². The molecule has 1 saturated heterocycles. The Kier molecular flexibility index (Phi) is 6.36. The van der Waals surface area contributed by atoms with Crippen LogP contribution in [-0.4, -0.2) is 31.6 Å². The van der Waals surface area contributed by atoms with Gasteiger partial charge in [-0.15, -0.1) is 0 Å². The Labute approximate surface area is 193 Å². The molecular weight excluding hydrogens is 418 g/mol. The predicted molar refractivity (Wildman–Crippen MR) is 125 cm³/mol. The van der Waals surface area contributed by atoms with Gasteiger partial charge in [0.1, 0.15) is 11.5 Å². The zero-order chi connectivity index (χ0) is 23.4. The van der Waals surface area contributed by atoms with E-state index >= 15 is 0 Å². The smallest absolute Gasteiger partial charge is 0.352 e. The van der Waals surface area contributed by atoms with Crippen molar-refractivity contribution in [3.63, 3.8) is 0 Å². The molecule has 0 saturated carbocycles. The molecule has 6 heteroatoms. The van der Waals surface area contributed by atoms with Crippen molar-refractivity contribution in [2.75, 3.05) is 18.6 Å². The van der Waals surface area contributed by atoms with E-state index in [1.807, 2.05) is 62.4 Å². The van der Waals surface area contributed by atoms with Crippen LogP contribution in [0.4, 0.5) is 5.69 Å². The molecule has 0 N–H and O–H groups in total. The maximum atomic E-state index is 13.4. The fourth-order valence-corrected chi connectivity index (χ4v) is 3.93. The standard InChI is InChI=1S/C27H27NO5/c1-27(2)18-28(20-12-8-5-9-13-20)25(29)24(27)33-26(30)23(19-10-6-4-7-11-19)32-22-16-14-21(31-3)15-17-22/h4-17,23-24H,18H2,1-3H3/t23-,24+/m0/s1. The highest BCUT2D eigenvalue weighted by Gasteiger charge is 2.50. The number of carbonyl (C=O) groups excluding carboxylic acids is 2. The molecular formula is C27H27NO5. The Morgan fingerprint density at radius 3 is 2.09 bits per heavy atom. The number of carbonyl (C=O) groups is 2. The topological polar surface area (TPSA) is 65.1 Å². The predicted octanol–water partition coefficient (Wildman–Crippen LogP) is 4.80. The van der Waals surface area contributed by atoms with Crippen molar-refractivity contribution >= 4 is 17.6 Å².